The number of hydrogen-bond acceptors (Lipinski definition) is 0. The number of halogens is 3. The van der Waals surface area contributed by atoms with Crippen LogP contribution in [0, 0.1) is 0 Å². The third-order valence-corrected chi connectivity index (χ3v) is 5.13. The van der Waals surface area contributed by atoms with Gasteiger partial charge in [0.05, 0.1) is 0 Å². The van der Waals surface area contributed by atoms with Gasteiger partial charge in [0.1, 0.15) is 0 Å². The molecule has 0 unspecified atom stereocenters. The van der Waals surface area contributed by atoms with Gasteiger partial charge in [-0.15, -0.1) is 0 Å². The van der Waals surface area contributed by atoms with Crippen molar-refractivity contribution in [2.24, 2.45) is 0 Å². The maximum absolute atomic E-state index is 5.74. The Morgan fingerprint density at radius 1 is 0.435 bits per heavy atom. The van der Waals surface area contributed by atoms with E-state index in [1.807, 2.05) is 0 Å². The highest BCUT2D eigenvalue weighted by atomic mass is 35.6. The molecular weight excluding hydrogens is 347 g/mol. The highest BCUT2D eigenvalue weighted by Gasteiger charge is 2.17. The van der Waals surface area contributed by atoms with Gasteiger partial charge in [0.15, 0.2) is 3.79 Å². The minimum atomic E-state index is -1.05. The number of alkyl halides is 3. The van der Waals surface area contributed by atoms with Gasteiger partial charge in [-0.3, -0.25) is 0 Å². The molecule has 0 aromatic heterocycles. The highest BCUT2D eigenvalue weighted by Crippen LogP contribution is 2.32. The lowest BCUT2D eigenvalue weighted by atomic mass is 10.0. The van der Waals surface area contributed by atoms with Crippen LogP contribution in [0.4, 0.5) is 0 Å². The molecule has 0 heterocycles. The summed E-state index contributed by atoms with van der Waals surface area (Å²) < 4.78 is -1.05. The Balaban J connectivity index is 3.00. The van der Waals surface area contributed by atoms with Crippen LogP contribution in [-0.4, -0.2) is 3.79 Å². The molecule has 0 aromatic rings. The van der Waals surface area contributed by atoms with E-state index >= 15 is 0 Å². The van der Waals surface area contributed by atoms with E-state index in [1.54, 1.807) is 0 Å². The van der Waals surface area contributed by atoms with Crippen molar-refractivity contribution in [1.29, 1.82) is 0 Å². The van der Waals surface area contributed by atoms with E-state index < -0.39 is 3.79 Å². The lowest BCUT2D eigenvalue weighted by Gasteiger charge is -2.09. The summed E-state index contributed by atoms with van der Waals surface area (Å²) in [7, 11) is 0. The Hall–Kier alpha value is 0.870. The van der Waals surface area contributed by atoms with Crippen molar-refractivity contribution in [3.05, 3.63) is 0 Å². The predicted octanol–water partition coefficient (Wildman–Crippen LogP) is 9.40. The molecule has 0 spiro atoms. The van der Waals surface area contributed by atoms with Gasteiger partial charge < -0.3 is 0 Å². The lowest BCUT2D eigenvalue weighted by molar-refractivity contribution is 0.525. The largest absolute Gasteiger partial charge is 0.190 e. The number of hydrogen-bond donors (Lipinski definition) is 0. The summed E-state index contributed by atoms with van der Waals surface area (Å²) in [5, 5.41) is 0. The topological polar surface area (TPSA) is 0 Å². The summed E-state index contributed by atoms with van der Waals surface area (Å²) in [4.78, 5) is 0. The first-order chi connectivity index (χ1) is 11.1. The van der Waals surface area contributed by atoms with Crippen LogP contribution in [0.5, 0.6) is 0 Å². The van der Waals surface area contributed by atoms with E-state index in [2.05, 4.69) is 6.92 Å². The molecule has 0 bridgehead atoms. The molecule has 0 aliphatic carbocycles. The van der Waals surface area contributed by atoms with E-state index in [1.165, 1.54) is 103 Å². The average molecular weight is 386 g/mol. The molecule has 0 fully saturated rings. The van der Waals surface area contributed by atoms with Gasteiger partial charge in [-0.25, -0.2) is 0 Å². The van der Waals surface area contributed by atoms with E-state index in [9.17, 15) is 0 Å². The first-order valence-corrected chi connectivity index (χ1v) is 11.3. The fraction of sp³-hybridized carbons (Fsp3) is 1.00. The zero-order valence-corrected chi connectivity index (χ0v) is 17.6. The predicted molar refractivity (Wildman–Crippen MR) is 109 cm³/mol. The first-order valence-electron chi connectivity index (χ1n) is 10.1. The first kappa shape index (κ1) is 23.9. The zero-order valence-electron chi connectivity index (χ0n) is 15.4. The van der Waals surface area contributed by atoms with Gasteiger partial charge in [0.2, 0.25) is 0 Å². The van der Waals surface area contributed by atoms with Crippen molar-refractivity contribution in [2.45, 2.75) is 126 Å². The van der Waals surface area contributed by atoms with Crippen LogP contribution in [0.25, 0.3) is 0 Å². The summed E-state index contributed by atoms with van der Waals surface area (Å²) in [5.41, 5.74) is 0. The Kier molecular flexibility index (Phi) is 18.4. The number of unbranched alkanes of at least 4 members (excludes halogenated alkanes) is 16. The van der Waals surface area contributed by atoms with Crippen LogP contribution >= 0.6 is 34.8 Å². The van der Waals surface area contributed by atoms with Gasteiger partial charge in [-0.1, -0.05) is 144 Å². The fourth-order valence-electron chi connectivity index (χ4n) is 3.05. The average Bonchev–Trinajstić information content (AvgIpc) is 2.49. The normalized spacial score (nSPS) is 12.0. The monoisotopic (exact) mass is 384 g/mol. The lowest BCUT2D eigenvalue weighted by Crippen LogP contribution is -2.00. The second-order valence-corrected chi connectivity index (χ2v) is 9.54. The van der Waals surface area contributed by atoms with E-state index in [4.69, 9.17) is 34.8 Å². The Morgan fingerprint density at radius 3 is 0.957 bits per heavy atom. The van der Waals surface area contributed by atoms with Crippen LogP contribution in [0.15, 0.2) is 0 Å². The van der Waals surface area contributed by atoms with E-state index in [-0.39, 0.29) is 0 Å². The van der Waals surface area contributed by atoms with E-state index in [0.29, 0.717) is 6.42 Å². The second kappa shape index (κ2) is 17.7. The van der Waals surface area contributed by atoms with Crippen LogP contribution < -0.4 is 0 Å². The van der Waals surface area contributed by atoms with Crippen LogP contribution in [0.2, 0.25) is 0 Å². The van der Waals surface area contributed by atoms with Crippen molar-refractivity contribution in [3.63, 3.8) is 0 Å². The molecule has 0 nitrogen and oxygen atoms in total. The van der Waals surface area contributed by atoms with Crippen molar-refractivity contribution < 1.29 is 0 Å². The minimum Gasteiger partial charge on any atom is -0.0837 e. The SMILES string of the molecule is CCCCCCCCCCCCCCCCCCCC(Cl)(Cl)Cl. The standard InChI is InChI=1S/C20H39Cl3/c1-2-3-4-5-6-7-8-9-10-11-12-13-14-15-16-17-18-19-20(21,22)23/h2-19H2,1H3. The van der Waals surface area contributed by atoms with Crippen molar-refractivity contribution >= 4 is 34.8 Å². The maximum Gasteiger partial charge on any atom is 0.190 e. The van der Waals surface area contributed by atoms with Crippen LogP contribution in [0.1, 0.15) is 122 Å². The Morgan fingerprint density at radius 2 is 0.696 bits per heavy atom. The highest BCUT2D eigenvalue weighted by molar-refractivity contribution is 6.67. The number of rotatable bonds is 17. The molecule has 0 radical (unpaired) electrons. The molecule has 0 N–H and O–H groups in total. The fourth-order valence-corrected chi connectivity index (χ4v) is 3.45. The molecule has 0 saturated heterocycles. The molecule has 0 aliphatic heterocycles. The van der Waals surface area contributed by atoms with Gasteiger partial charge >= 0.3 is 0 Å². The van der Waals surface area contributed by atoms with Gasteiger partial charge in [0, 0.05) is 0 Å². The molecular formula is C20H39Cl3. The molecule has 0 aromatic carbocycles. The van der Waals surface area contributed by atoms with Crippen molar-refractivity contribution in [3.8, 4) is 0 Å². The van der Waals surface area contributed by atoms with Gasteiger partial charge in [-0.05, 0) is 12.8 Å². The Labute approximate surface area is 161 Å². The smallest absolute Gasteiger partial charge is 0.0837 e. The maximum atomic E-state index is 5.74. The zero-order chi connectivity index (χ0) is 17.2. The van der Waals surface area contributed by atoms with Crippen molar-refractivity contribution in [1.82, 2.24) is 0 Å². The molecule has 140 valence electrons. The Bertz CT molecular complexity index is 223. The molecule has 3 heteroatoms. The molecule has 0 aliphatic rings. The molecule has 0 saturated carbocycles. The molecule has 0 rings (SSSR count). The quantitative estimate of drug-likeness (QED) is 0.173. The minimum absolute atomic E-state index is 0.691. The third kappa shape index (κ3) is 22.9. The summed E-state index contributed by atoms with van der Waals surface area (Å²) in [6.45, 7) is 2.28. The summed E-state index contributed by atoms with van der Waals surface area (Å²) in [5.74, 6) is 0. The summed E-state index contributed by atoms with van der Waals surface area (Å²) in [6.07, 6.45) is 24.1. The van der Waals surface area contributed by atoms with Gasteiger partial charge in [0.25, 0.3) is 0 Å². The van der Waals surface area contributed by atoms with Crippen LogP contribution in [-0.2, 0) is 0 Å². The molecule has 0 atom stereocenters. The molecule has 0 amide bonds. The molecule has 23 heavy (non-hydrogen) atoms. The third-order valence-electron chi connectivity index (χ3n) is 4.56. The summed E-state index contributed by atoms with van der Waals surface area (Å²) in [6, 6.07) is 0. The van der Waals surface area contributed by atoms with Crippen molar-refractivity contribution in [2.75, 3.05) is 0 Å². The van der Waals surface area contributed by atoms with Crippen LogP contribution in [0.3, 0.4) is 0 Å². The second-order valence-electron chi connectivity index (χ2n) is 7.02. The van der Waals surface area contributed by atoms with E-state index in [0.717, 1.165) is 6.42 Å². The van der Waals surface area contributed by atoms with Gasteiger partial charge in [-0.2, -0.15) is 0 Å². The summed E-state index contributed by atoms with van der Waals surface area (Å²) >= 11 is 17.2.